The van der Waals surface area contributed by atoms with Crippen LogP contribution in [0.2, 0.25) is 0 Å². The lowest BCUT2D eigenvalue weighted by Gasteiger charge is -2.05. The first-order chi connectivity index (χ1) is 11.8. The molecule has 0 saturated heterocycles. The van der Waals surface area contributed by atoms with E-state index in [1.54, 1.807) is 0 Å². The van der Waals surface area contributed by atoms with E-state index in [4.69, 9.17) is 0 Å². The average molecular weight is 377 g/mol. The van der Waals surface area contributed by atoms with Crippen LogP contribution in [-0.4, -0.2) is 5.71 Å². The number of para-hydroxylation sites is 1. The van der Waals surface area contributed by atoms with Crippen molar-refractivity contribution in [1.82, 2.24) is 0 Å². The second kappa shape index (κ2) is 8.27. The maximum atomic E-state index is 4.57. The number of rotatable bonds is 5. The van der Waals surface area contributed by atoms with Gasteiger partial charge in [-0.05, 0) is 35.9 Å². The van der Waals surface area contributed by atoms with E-state index in [0.29, 0.717) is 0 Å². The molecule has 0 unspecified atom stereocenters. The molecular weight excluding hydrogens is 360 g/mol. The predicted molar refractivity (Wildman–Crippen MR) is 106 cm³/mol. The summed E-state index contributed by atoms with van der Waals surface area (Å²) < 4.78 is 1.05. The van der Waals surface area contributed by atoms with Crippen LogP contribution in [-0.2, 0) is 0 Å². The van der Waals surface area contributed by atoms with Crippen LogP contribution in [0.5, 0.6) is 0 Å². The number of anilines is 1. The van der Waals surface area contributed by atoms with Gasteiger partial charge in [-0.3, -0.25) is 5.43 Å². The molecule has 0 amide bonds. The number of allylic oxidation sites excluding steroid dienone is 1. The van der Waals surface area contributed by atoms with Crippen molar-refractivity contribution in [3.63, 3.8) is 0 Å². The fraction of sp³-hybridized carbons (Fsp3) is 0. The Morgan fingerprint density at radius 2 is 1.42 bits per heavy atom. The molecule has 0 fully saturated rings. The molecule has 118 valence electrons. The summed E-state index contributed by atoms with van der Waals surface area (Å²) >= 11 is 3.47. The molecule has 0 aliphatic rings. The summed E-state index contributed by atoms with van der Waals surface area (Å²) in [7, 11) is 0. The van der Waals surface area contributed by atoms with Gasteiger partial charge in [0.15, 0.2) is 0 Å². The van der Waals surface area contributed by atoms with Gasteiger partial charge in [-0.1, -0.05) is 82.7 Å². The van der Waals surface area contributed by atoms with Gasteiger partial charge in [0.05, 0.1) is 11.4 Å². The van der Waals surface area contributed by atoms with Crippen LogP contribution in [0.3, 0.4) is 0 Å². The highest BCUT2D eigenvalue weighted by molar-refractivity contribution is 9.10. The lowest BCUT2D eigenvalue weighted by molar-refractivity contribution is 1.33. The topological polar surface area (TPSA) is 24.4 Å². The maximum Gasteiger partial charge on any atom is 0.0905 e. The van der Waals surface area contributed by atoms with Gasteiger partial charge >= 0.3 is 0 Å². The van der Waals surface area contributed by atoms with Crippen molar-refractivity contribution in [1.29, 1.82) is 0 Å². The quantitative estimate of drug-likeness (QED) is 0.429. The van der Waals surface area contributed by atoms with Crippen molar-refractivity contribution >= 4 is 33.4 Å². The van der Waals surface area contributed by atoms with Crippen molar-refractivity contribution in [2.24, 2.45) is 5.10 Å². The smallest absolute Gasteiger partial charge is 0.0905 e. The monoisotopic (exact) mass is 376 g/mol. The maximum absolute atomic E-state index is 4.57. The summed E-state index contributed by atoms with van der Waals surface area (Å²) in [5.41, 5.74) is 7.14. The van der Waals surface area contributed by atoms with Gasteiger partial charge in [-0.15, -0.1) is 0 Å². The third kappa shape index (κ3) is 4.67. The highest BCUT2D eigenvalue weighted by Crippen LogP contribution is 2.14. The predicted octanol–water partition coefficient (Wildman–Crippen LogP) is 5.98. The minimum Gasteiger partial charge on any atom is -0.278 e. The summed E-state index contributed by atoms with van der Waals surface area (Å²) in [5, 5.41) is 4.57. The molecule has 3 aromatic carbocycles. The largest absolute Gasteiger partial charge is 0.278 e. The van der Waals surface area contributed by atoms with E-state index in [0.717, 1.165) is 27.0 Å². The number of halogens is 1. The third-order valence-electron chi connectivity index (χ3n) is 3.45. The van der Waals surface area contributed by atoms with Crippen molar-refractivity contribution in [2.75, 3.05) is 5.43 Å². The number of benzene rings is 3. The Bertz CT molecular complexity index is 823. The molecule has 3 aromatic rings. The zero-order valence-corrected chi connectivity index (χ0v) is 14.6. The molecule has 0 aliphatic carbocycles. The first-order valence-electron chi connectivity index (χ1n) is 7.69. The fourth-order valence-electron chi connectivity index (χ4n) is 2.20. The molecule has 2 nitrogen and oxygen atoms in total. The first kappa shape index (κ1) is 16.2. The normalized spacial score (nSPS) is 11.6. The molecule has 0 radical (unpaired) electrons. The number of hydrazone groups is 1. The van der Waals surface area contributed by atoms with E-state index in [9.17, 15) is 0 Å². The first-order valence-corrected chi connectivity index (χ1v) is 8.48. The van der Waals surface area contributed by atoms with Crippen LogP contribution >= 0.6 is 15.9 Å². The van der Waals surface area contributed by atoms with E-state index in [1.807, 2.05) is 78.9 Å². The van der Waals surface area contributed by atoms with Crippen molar-refractivity contribution in [3.8, 4) is 0 Å². The van der Waals surface area contributed by atoms with Gasteiger partial charge in [-0.2, -0.15) is 5.10 Å². The molecule has 0 aromatic heterocycles. The summed E-state index contributed by atoms with van der Waals surface area (Å²) in [5.74, 6) is 0. The molecule has 0 aliphatic heterocycles. The van der Waals surface area contributed by atoms with E-state index < -0.39 is 0 Å². The SMILES string of the molecule is Brc1ccc(C(C=Cc2ccccc2)=NNc2ccccc2)cc1. The van der Waals surface area contributed by atoms with E-state index in [-0.39, 0.29) is 0 Å². The highest BCUT2D eigenvalue weighted by Gasteiger charge is 2.01. The van der Waals surface area contributed by atoms with Crippen molar-refractivity contribution in [3.05, 3.63) is 107 Å². The van der Waals surface area contributed by atoms with Crippen LogP contribution in [0.15, 0.2) is 101 Å². The van der Waals surface area contributed by atoms with Crippen molar-refractivity contribution < 1.29 is 0 Å². The number of hydrogen-bond donors (Lipinski definition) is 1. The van der Waals surface area contributed by atoms with Crippen LogP contribution < -0.4 is 5.43 Å². The second-order valence-electron chi connectivity index (χ2n) is 5.23. The fourth-order valence-corrected chi connectivity index (χ4v) is 2.46. The second-order valence-corrected chi connectivity index (χ2v) is 6.14. The lowest BCUT2D eigenvalue weighted by atomic mass is 10.1. The molecule has 1 N–H and O–H groups in total. The van der Waals surface area contributed by atoms with Crippen LogP contribution in [0.1, 0.15) is 11.1 Å². The van der Waals surface area contributed by atoms with Crippen LogP contribution in [0.4, 0.5) is 5.69 Å². The highest BCUT2D eigenvalue weighted by atomic mass is 79.9. The molecular formula is C21H17BrN2. The lowest BCUT2D eigenvalue weighted by Crippen LogP contribution is -2.01. The average Bonchev–Trinajstić information content (AvgIpc) is 2.64. The summed E-state index contributed by atoms with van der Waals surface area (Å²) in [6.45, 7) is 0. The van der Waals surface area contributed by atoms with Gasteiger partial charge in [0.25, 0.3) is 0 Å². The number of nitrogens with zero attached hydrogens (tertiary/aromatic N) is 1. The van der Waals surface area contributed by atoms with E-state index in [2.05, 4.69) is 44.7 Å². The Labute approximate surface area is 150 Å². The van der Waals surface area contributed by atoms with E-state index in [1.165, 1.54) is 0 Å². The van der Waals surface area contributed by atoms with Crippen LogP contribution in [0.25, 0.3) is 6.08 Å². The van der Waals surface area contributed by atoms with Crippen molar-refractivity contribution in [2.45, 2.75) is 0 Å². The van der Waals surface area contributed by atoms with Gasteiger partial charge in [-0.25, -0.2) is 0 Å². The molecule has 3 heteroatoms. The molecule has 24 heavy (non-hydrogen) atoms. The Morgan fingerprint density at radius 3 is 2.08 bits per heavy atom. The molecule has 0 spiro atoms. The minimum absolute atomic E-state index is 0.871. The van der Waals surface area contributed by atoms with Crippen LogP contribution in [0, 0.1) is 0 Å². The standard InChI is InChI=1S/C21H17BrN2/c22-19-14-12-18(13-15-19)21(16-11-17-7-3-1-4-8-17)24-23-20-9-5-2-6-10-20/h1-16,23H. The zero-order chi connectivity index (χ0) is 16.6. The molecule has 0 heterocycles. The number of hydrogen-bond acceptors (Lipinski definition) is 2. The summed E-state index contributed by atoms with van der Waals surface area (Å²) in [6.07, 6.45) is 4.09. The summed E-state index contributed by atoms with van der Waals surface area (Å²) in [6, 6.07) is 28.3. The van der Waals surface area contributed by atoms with Gasteiger partial charge < -0.3 is 0 Å². The Balaban J connectivity index is 1.88. The van der Waals surface area contributed by atoms with Gasteiger partial charge in [0.1, 0.15) is 0 Å². The summed E-state index contributed by atoms with van der Waals surface area (Å²) in [4.78, 5) is 0. The Morgan fingerprint density at radius 1 is 0.792 bits per heavy atom. The Hall–Kier alpha value is -2.65. The minimum atomic E-state index is 0.871. The Kier molecular flexibility index (Phi) is 5.59. The molecule has 0 saturated carbocycles. The molecule has 0 bridgehead atoms. The molecule has 3 rings (SSSR count). The van der Waals surface area contributed by atoms with Gasteiger partial charge in [0.2, 0.25) is 0 Å². The van der Waals surface area contributed by atoms with Gasteiger partial charge in [0, 0.05) is 10.0 Å². The van der Waals surface area contributed by atoms with E-state index >= 15 is 0 Å². The molecule has 0 atom stereocenters. The number of nitrogens with one attached hydrogen (secondary N) is 1. The third-order valence-corrected chi connectivity index (χ3v) is 3.98. The zero-order valence-electron chi connectivity index (χ0n) is 13.1.